The van der Waals surface area contributed by atoms with E-state index in [1.807, 2.05) is 12.1 Å². The van der Waals surface area contributed by atoms with E-state index in [0.29, 0.717) is 36.8 Å². The van der Waals surface area contributed by atoms with E-state index in [-0.39, 0.29) is 29.7 Å². The lowest BCUT2D eigenvalue weighted by Crippen LogP contribution is -2.40. The summed E-state index contributed by atoms with van der Waals surface area (Å²) in [5, 5.41) is 1.35. The first-order valence-electron chi connectivity index (χ1n) is 10.9. The van der Waals surface area contributed by atoms with Gasteiger partial charge in [0.05, 0.1) is 23.9 Å². The maximum Gasteiger partial charge on any atom is 0.409 e. The number of amides is 3. The molecule has 4 rings (SSSR count). The van der Waals surface area contributed by atoms with E-state index in [9.17, 15) is 14.4 Å². The zero-order valence-corrected chi connectivity index (χ0v) is 21.8. The topological polar surface area (TPSA) is 83.0 Å². The SMILES string of the molecule is COC(=O)N1CCC2(C1)CN(C(=O)Cc1ncc(SCCC(=O)N(C)C)s1)c1ccc(Cl)cc12. The van der Waals surface area contributed by atoms with Crippen LogP contribution in [0.15, 0.2) is 28.6 Å². The number of fused-ring (bicyclic) bond motifs is 2. The molecule has 182 valence electrons. The average molecular weight is 523 g/mol. The molecule has 3 heterocycles. The van der Waals surface area contributed by atoms with Gasteiger partial charge < -0.3 is 19.4 Å². The molecule has 2 aromatic rings. The second kappa shape index (κ2) is 10.1. The van der Waals surface area contributed by atoms with Crippen LogP contribution in [-0.2, 0) is 26.2 Å². The molecule has 1 aromatic carbocycles. The lowest BCUT2D eigenvalue weighted by atomic mass is 9.81. The summed E-state index contributed by atoms with van der Waals surface area (Å²) in [4.78, 5) is 46.7. The third kappa shape index (κ3) is 5.04. The molecule has 1 atom stereocenters. The number of thioether (sulfide) groups is 1. The Morgan fingerprint density at radius 2 is 2.09 bits per heavy atom. The Balaban J connectivity index is 1.45. The largest absolute Gasteiger partial charge is 0.453 e. The van der Waals surface area contributed by atoms with E-state index in [2.05, 4.69) is 4.98 Å². The van der Waals surface area contributed by atoms with Crippen LogP contribution >= 0.6 is 34.7 Å². The van der Waals surface area contributed by atoms with Crippen molar-refractivity contribution in [3.8, 4) is 0 Å². The van der Waals surface area contributed by atoms with Gasteiger partial charge in [0.25, 0.3) is 0 Å². The maximum absolute atomic E-state index is 13.4. The van der Waals surface area contributed by atoms with Crippen molar-refractivity contribution < 1.29 is 19.1 Å². The van der Waals surface area contributed by atoms with Crippen LogP contribution in [0.2, 0.25) is 5.02 Å². The number of carbonyl (C=O) groups is 3. The van der Waals surface area contributed by atoms with Crippen molar-refractivity contribution in [1.29, 1.82) is 0 Å². The second-order valence-electron chi connectivity index (χ2n) is 8.70. The summed E-state index contributed by atoms with van der Waals surface area (Å²) in [5.74, 6) is 0.726. The van der Waals surface area contributed by atoms with Gasteiger partial charge in [-0.1, -0.05) is 11.6 Å². The third-order valence-corrected chi connectivity index (χ3v) is 8.69. The molecule has 8 nitrogen and oxygen atoms in total. The molecule has 0 bridgehead atoms. The highest BCUT2D eigenvalue weighted by Gasteiger charge is 2.50. The van der Waals surface area contributed by atoms with Gasteiger partial charge in [0.2, 0.25) is 11.8 Å². The van der Waals surface area contributed by atoms with E-state index < -0.39 is 0 Å². The average Bonchev–Trinajstić information content (AvgIpc) is 3.52. The molecule has 0 N–H and O–H groups in total. The summed E-state index contributed by atoms with van der Waals surface area (Å²) in [6, 6.07) is 5.59. The minimum Gasteiger partial charge on any atom is -0.453 e. The lowest BCUT2D eigenvalue weighted by Gasteiger charge is -2.25. The van der Waals surface area contributed by atoms with E-state index >= 15 is 0 Å². The number of likely N-dealkylation sites (tertiary alicyclic amines) is 1. The van der Waals surface area contributed by atoms with Crippen LogP contribution in [0.3, 0.4) is 0 Å². The standard InChI is InChI=1S/C23H27ClN4O4S2/c1-26(2)19(29)6-9-33-21-12-25-18(34-21)11-20(30)28-14-23(7-8-27(13-23)22(31)32-3)16-10-15(24)4-5-17(16)28/h4-5,10,12H,6-9,11,13-14H2,1-3H3. The van der Waals surface area contributed by atoms with Gasteiger partial charge in [0, 0.05) is 62.0 Å². The van der Waals surface area contributed by atoms with Crippen molar-refractivity contribution >= 4 is 58.3 Å². The molecule has 3 amide bonds. The Bertz CT molecular complexity index is 1110. The molecule has 1 unspecified atom stereocenters. The number of aromatic nitrogens is 1. The first kappa shape index (κ1) is 24.8. The molecule has 1 fully saturated rings. The number of benzene rings is 1. The zero-order valence-electron chi connectivity index (χ0n) is 19.4. The van der Waals surface area contributed by atoms with Gasteiger partial charge in [-0.2, -0.15) is 0 Å². The summed E-state index contributed by atoms with van der Waals surface area (Å²) in [6.07, 6.45) is 2.80. The van der Waals surface area contributed by atoms with Crippen molar-refractivity contribution in [3.05, 3.63) is 40.0 Å². The molecule has 2 aliphatic heterocycles. The molecule has 0 saturated carbocycles. The number of nitrogens with zero attached hydrogens (tertiary/aromatic N) is 4. The van der Waals surface area contributed by atoms with Gasteiger partial charge in [0.1, 0.15) is 5.01 Å². The first-order chi connectivity index (χ1) is 16.2. The fraction of sp³-hybridized carbons (Fsp3) is 0.478. The smallest absolute Gasteiger partial charge is 0.409 e. The molecule has 0 radical (unpaired) electrons. The number of carbonyl (C=O) groups excluding carboxylic acids is 3. The van der Waals surface area contributed by atoms with E-state index in [0.717, 1.165) is 26.9 Å². The highest BCUT2D eigenvalue weighted by Crippen LogP contribution is 2.47. The zero-order chi connectivity index (χ0) is 24.5. The fourth-order valence-electron chi connectivity index (χ4n) is 4.50. The Morgan fingerprint density at radius 1 is 1.29 bits per heavy atom. The van der Waals surface area contributed by atoms with E-state index in [1.54, 1.807) is 52.8 Å². The van der Waals surface area contributed by atoms with Crippen LogP contribution in [-0.4, -0.2) is 79.3 Å². The van der Waals surface area contributed by atoms with Crippen molar-refractivity contribution in [1.82, 2.24) is 14.8 Å². The second-order valence-corrected chi connectivity index (χ2v) is 11.6. The molecule has 11 heteroatoms. The van der Waals surface area contributed by atoms with Gasteiger partial charge >= 0.3 is 6.09 Å². The number of rotatable bonds is 6. The summed E-state index contributed by atoms with van der Waals surface area (Å²) < 4.78 is 5.90. The quantitative estimate of drug-likeness (QED) is 0.538. The molecule has 2 aliphatic rings. The Kier molecular flexibility index (Phi) is 7.39. The van der Waals surface area contributed by atoms with Gasteiger partial charge in [-0.25, -0.2) is 9.78 Å². The minimum atomic E-state index is -0.356. The number of methoxy groups -OCH3 is 1. The van der Waals surface area contributed by atoms with Gasteiger partial charge in [0.15, 0.2) is 0 Å². The normalized spacial score (nSPS) is 18.9. The highest BCUT2D eigenvalue weighted by atomic mass is 35.5. The maximum atomic E-state index is 13.4. The molecule has 34 heavy (non-hydrogen) atoms. The van der Waals surface area contributed by atoms with Crippen LogP contribution < -0.4 is 4.90 Å². The van der Waals surface area contributed by atoms with Gasteiger partial charge in [-0.05, 0) is 30.2 Å². The monoisotopic (exact) mass is 522 g/mol. The Hall–Kier alpha value is -2.30. The number of ether oxygens (including phenoxy) is 1. The summed E-state index contributed by atoms with van der Waals surface area (Å²) >= 11 is 9.37. The fourth-order valence-corrected chi connectivity index (χ4v) is 6.69. The molecule has 1 aromatic heterocycles. The van der Waals surface area contributed by atoms with Crippen molar-refractivity contribution in [2.75, 3.05) is 51.5 Å². The molecule has 1 saturated heterocycles. The van der Waals surface area contributed by atoms with Crippen molar-refractivity contribution in [2.45, 2.75) is 28.9 Å². The number of thiazole rings is 1. The van der Waals surface area contributed by atoms with E-state index in [1.165, 1.54) is 18.4 Å². The summed E-state index contributed by atoms with van der Waals surface area (Å²) in [6.45, 7) is 1.55. The summed E-state index contributed by atoms with van der Waals surface area (Å²) in [5.41, 5.74) is 1.49. The molecule has 0 aliphatic carbocycles. The van der Waals surface area contributed by atoms with Crippen molar-refractivity contribution in [2.24, 2.45) is 0 Å². The lowest BCUT2D eigenvalue weighted by molar-refractivity contribution is -0.128. The predicted octanol–water partition coefficient (Wildman–Crippen LogP) is 3.67. The van der Waals surface area contributed by atoms with Crippen LogP contribution in [0.4, 0.5) is 10.5 Å². The number of anilines is 1. The van der Waals surface area contributed by atoms with Gasteiger partial charge in [-0.3, -0.25) is 9.59 Å². The minimum absolute atomic E-state index is 0.0364. The first-order valence-corrected chi connectivity index (χ1v) is 13.1. The van der Waals surface area contributed by atoms with E-state index in [4.69, 9.17) is 16.3 Å². The van der Waals surface area contributed by atoms with Crippen molar-refractivity contribution in [3.63, 3.8) is 0 Å². The number of hydrogen-bond acceptors (Lipinski definition) is 7. The van der Waals surface area contributed by atoms with Crippen LogP contribution in [0, 0.1) is 0 Å². The number of hydrogen-bond donors (Lipinski definition) is 0. The molecular formula is C23H27ClN4O4S2. The van der Waals surface area contributed by atoms with Crippen LogP contribution in [0.1, 0.15) is 23.4 Å². The third-order valence-electron chi connectivity index (χ3n) is 6.26. The predicted molar refractivity (Wildman–Crippen MR) is 134 cm³/mol. The summed E-state index contributed by atoms with van der Waals surface area (Å²) in [7, 11) is 4.87. The molecular weight excluding hydrogens is 496 g/mol. The number of halogens is 1. The molecule has 1 spiro atoms. The van der Waals surface area contributed by atoms with Crippen LogP contribution in [0.5, 0.6) is 0 Å². The highest BCUT2D eigenvalue weighted by molar-refractivity contribution is 8.01. The Morgan fingerprint density at radius 3 is 2.82 bits per heavy atom. The van der Waals surface area contributed by atoms with Gasteiger partial charge in [-0.15, -0.1) is 23.1 Å². The van der Waals surface area contributed by atoms with Crippen LogP contribution in [0.25, 0.3) is 0 Å². The Labute approximate surface area is 212 Å².